The van der Waals surface area contributed by atoms with E-state index in [1.54, 1.807) is 18.3 Å². The Labute approximate surface area is 122 Å². The highest BCUT2D eigenvalue weighted by Crippen LogP contribution is 2.24. The molecule has 20 heavy (non-hydrogen) atoms. The number of H-pyrrole nitrogens is 1. The second-order valence-electron chi connectivity index (χ2n) is 5.04. The van der Waals surface area contributed by atoms with E-state index >= 15 is 0 Å². The summed E-state index contributed by atoms with van der Waals surface area (Å²) in [6, 6.07) is 11.4. The molecule has 0 bridgehead atoms. The molecule has 0 aliphatic heterocycles. The van der Waals surface area contributed by atoms with E-state index < -0.39 is 0 Å². The molecule has 0 amide bonds. The van der Waals surface area contributed by atoms with Gasteiger partial charge in [0.05, 0.1) is 0 Å². The van der Waals surface area contributed by atoms with Crippen molar-refractivity contribution < 1.29 is 4.79 Å². The summed E-state index contributed by atoms with van der Waals surface area (Å²) in [5, 5.41) is 1.63. The SMILES string of the molecule is Cc1ccc2c(C(=O)c3ccc(Cl)c(C)c3)c[nH]c2c1. The van der Waals surface area contributed by atoms with Crippen LogP contribution < -0.4 is 0 Å². The van der Waals surface area contributed by atoms with Crippen LogP contribution in [0.3, 0.4) is 0 Å². The number of aryl methyl sites for hydroxylation is 2. The standard InChI is InChI=1S/C17H14ClNO/c1-10-3-5-13-14(9-19-16(13)7-10)17(20)12-4-6-15(18)11(2)8-12/h3-9,19H,1-2H3. The van der Waals surface area contributed by atoms with Gasteiger partial charge < -0.3 is 4.98 Å². The zero-order chi connectivity index (χ0) is 14.3. The second kappa shape index (κ2) is 4.80. The molecule has 3 rings (SSSR count). The molecule has 100 valence electrons. The zero-order valence-electron chi connectivity index (χ0n) is 11.3. The van der Waals surface area contributed by atoms with Crippen molar-refractivity contribution in [1.82, 2.24) is 4.98 Å². The molecule has 1 aromatic heterocycles. The summed E-state index contributed by atoms with van der Waals surface area (Å²) in [7, 11) is 0. The Morgan fingerprint density at radius 1 is 1.10 bits per heavy atom. The molecule has 0 radical (unpaired) electrons. The van der Waals surface area contributed by atoms with Crippen LogP contribution in [0.4, 0.5) is 0 Å². The molecule has 0 fully saturated rings. The summed E-state index contributed by atoms with van der Waals surface area (Å²) >= 11 is 6.01. The van der Waals surface area contributed by atoms with E-state index in [0.29, 0.717) is 16.1 Å². The predicted octanol–water partition coefficient (Wildman–Crippen LogP) is 4.67. The minimum atomic E-state index is 0.0138. The fourth-order valence-electron chi connectivity index (χ4n) is 2.37. The number of benzene rings is 2. The summed E-state index contributed by atoms with van der Waals surface area (Å²) in [5.41, 5.74) is 4.42. The lowest BCUT2D eigenvalue weighted by Crippen LogP contribution is -2.00. The van der Waals surface area contributed by atoms with Crippen LogP contribution in [0.5, 0.6) is 0 Å². The molecule has 0 aliphatic rings. The Morgan fingerprint density at radius 2 is 1.90 bits per heavy atom. The molecule has 0 unspecified atom stereocenters. The van der Waals surface area contributed by atoms with Gasteiger partial charge in [-0.3, -0.25) is 4.79 Å². The smallest absolute Gasteiger partial charge is 0.195 e. The Balaban J connectivity index is 2.10. The quantitative estimate of drug-likeness (QED) is 0.681. The van der Waals surface area contributed by atoms with Crippen molar-refractivity contribution in [3.05, 3.63) is 69.9 Å². The van der Waals surface area contributed by atoms with Crippen LogP contribution in [0.1, 0.15) is 27.0 Å². The summed E-state index contributed by atoms with van der Waals surface area (Å²) in [4.78, 5) is 15.8. The molecular formula is C17H14ClNO. The lowest BCUT2D eigenvalue weighted by atomic mass is 10.0. The molecule has 1 heterocycles. The first-order chi connectivity index (χ1) is 9.56. The largest absolute Gasteiger partial charge is 0.360 e. The van der Waals surface area contributed by atoms with E-state index in [-0.39, 0.29) is 5.78 Å². The van der Waals surface area contributed by atoms with Gasteiger partial charge in [0.15, 0.2) is 5.78 Å². The van der Waals surface area contributed by atoms with E-state index in [9.17, 15) is 4.79 Å². The summed E-state index contributed by atoms with van der Waals surface area (Å²) in [6.07, 6.45) is 1.77. The highest BCUT2D eigenvalue weighted by Gasteiger charge is 2.14. The van der Waals surface area contributed by atoms with E-state index in [4.69, 9.17) is 11.6 Å². The molecule has 3 heteroatoms. The molecule has 0 spiro atoms. The number of hydrogen-bond acceptors (Lipinski definition) is 1. The highest BCUT2D eigenvalue weighted by atomic mass is 35.5. The van der Waals surface area contributed by atoms with Crippen molar-refractivity contribution in [1.29, 1.82) is 0 Å². The van der Waals surface area contributed by atoms with Crippen LogP contribution in [-0.2, 0) is 0 Å². The molecular weight excluding hydrogens is 270 g/mol. The van der Waals surface area contributed by atoms with Crippen molar-refractivity contribution in [2.24, 2.45) is 0 Å². The third-order valence-electron chi connectivity index (χ3n) is 3.50. The number of carbonyl (C=O) groups excluding carboxylic acids is 1. The van der Waals surface area contributed by atoms with Gasteiger partial charge in [0.2, 0.25) is 0 Å². The van der Waals surface area contributed by atoms with E-state index in [2.05, 4.69) is 4.98 Å². The first-order valence-corrected chi connectivity index (χ1v) is 6.82. The lowest BCUT2D eigenvalue weighted by molar-refractivity contribution is 0.104. The van der Waals surface area contributed by atoms with Gasteiger partial charge in [0, 0.05) is 33.2 Å². The molecule has 2 aromatic carbocycles. The summed E-state index contributed by atoms with van der Waals surface area (Å²) in [6.45, 7) is 3.93. The van der Waals surface area contributed by atoms with Gasteiger partial charge in [0.1, 0.15) is 0 Å². The van der Waals surface area contributed by atoms with Crippen LogP contribution in [-0.4, -0.2) is 10.8 Å². The molecule has 0 aliphatic carbocycles. The number of fused-ring (bicyclic) bond motifs is 1. The number of hydrogen-bond donors (Lipinski definition) is 1. The zero-order valence-corrected chi connectivity index (χ0v) is 12.1. The van der Waals surface area contributed by atoms with Crippen LogP contribution >= 0.6 is 11.6 Å². The van der Waals surface area contributed by atoms with Crippen LogP contribution in [0.15, 0.2) is 42.6 Å². The van der Waals surface area contributed by atoms with Crippen LogP contribution in [0, 0.1) is 13.8 Å². The highest BCUT2D eigenvalue weighted by molar-refractivity contribution is 6.31. The maximum Gasteiger partial charge on any atom is 0.195 e. The fourth-order valence-corrected chi connectivity index (χ4v) is 2.49. The monoisotopic (exact) mass is 283 g/mol. The van der Waals surface area contributed by atoms with Gasteiger partial charge in [-0.15, -0.1) is 0 Å². The predicted molar refractivity (Wildman–Crippen MR) is 82.7 cm³/mol. The van der Waals surface area contributed by atoms with Crippen molar-refractivity contribution in [2.75, 3.05) is 0 Å². The molecule has 0 saturated heterocycles. The van der Waals surface area contributed by atoms with Gasteiger partial charge in [-0.25, -0.2) is 0 Å². The molecule has 1 N–H and O–H groups in total. The number of aromatic amines is 1. The van der Waals surface area contributed by atoms with Gasteiger partial charge in [0.25, 0.3) is 0 Å². The van der Waals surface area contributed by atoms with Gasteiger partial charge >= 0.3 is 0 Å². The molecule has 0 atom stereocenters. The van der Waals surface area contributed by atoms with Crippen molar-refractivity contribution >= 4 is 28.3 Å². The topological polar surface area (TPSA) is 32.9 Å². The van der Waals surface area contributed by atoms with Crippen molar-refractivity contribution in [3.8, 4) is 0 Å². The minimum Gasteiger partial charge on any atom is -0.360 e. The second-order valence-corrected chi connectivity index (χ2v) is 5.45. The number of nitrogens with one attached hydrogen (secondary N) is 1. The van der Waals surface area contributed by atoms with Gasteiger partial charge in [-0.05, 0) is 49.2 Å². The van der Waals surface area contributed by atoms with E-state index in [0.717, 1.165) is 16.5 Å². The lowest BCUT2D eigenvalue weighted by Gasteiger charge is -2.03. The molecule has 2 nitrogen and oxygen atoms in total. The van der Waals surface area contributed by atoms with Crippen molar-refractivity contribution in [2.45, 2.75) is 13.8 Å². The third kappa shape index (κ3) is 2.12. The number of rotatable bonds is 2. The number of halogens is 1. The number of aromatic nitrogens is 1. The van der Waals surface area contributed by atoms with Crippen molar-refractivity contribution in [3.63, 3.8) is 0 Å². The minimum absolute atomic E-state index is 0.0138. The van der Waals surface area contributed by atoms with Crippen LogP contribution in [0.2, 0.25) is 5.02 Å². The Bertz CT molecular complexity index is 817. The average molecular weight is 284 g/mol. The maximum atomic E-state index is 12.6. The average Bonchev–Trinajstić information content (AvgIpc) is 2.84. The maximum absolute atomic E-state index is 12.6. The Morgan fingerprint density at radius 3 is 2.65 bits per heavy atom. The Hall–Kier alpha value is -2.06. The fraction of sp³-hybridized carbons (Fsp3) is 0.118. The first-order valence-electron chi connectivity index (χ1n) is 6.45. The van der Waals surface area contributed by atoms with Gasteiger partial charge in [-0.1, -0.05) is 23.7 Å². The normalized spacial score (nSPS) is 10.9. The third-order valence-corrected chi connectivity index (χ3v) is 3.93. The Kier molecular flexibility index (Phi) is 3.11. The van der Waals surface area contributed by atoms with E-state index in [1.807, 2.05) is 38.1 Å². The number of ketones is 1. The summed E-state index contributed by atoms with van der Waals surface area (Å²) < 4.78 is 0. The molecule has 0 saturated carbocycles. The van der Waals surface area contributed by atoms with Crippen LogP contribution in [0.25, 0.3) is 10.9 Å². The van der Waals surface area contributed by atoms with Gasteiger partial charge in [-0.2, -0.15) is 0 Å². The van der Waals surface area contributed by atoms with E-state index in [1.165, 1.54) is 5.56 Å². The molecule has 3 aromatic rings. The summed E-state index contributed by atoms with van der Waals surface area (Å²) in [5.74, 6) is 0.0138. The first kappa shape index (κ1) is 12.9. The number of carbonyl (C=O) groups is 1.